The molecule has 3 N–H and O–H groups in total. The molecule has 1 aliphatic carbocycles. The molecule has 2 heterocycles. The van der Waals surface area contributed by atoms with Crippen molar-refractivity contribution in [1.82, 2.24) is 15.1 Å². The fraction of sp³-hybridized carbons (Fsp3) is 0.667. The molecular formula is C15H21N5O2. The average Bonchev–Trinajstić information content (AvgIpc) is 3.16. The Balaban J connectivity index is 1.51. The Labute approximate surface area is 129 Å². The third kappa shape index (κ3) is 3.16. The Bertz CT molecular complexity index is 579. The number of likely N-dealkylation sites (tertiary alicyclic amines) is 1. The minimum Gasteiger partial charge on any atom is -0.446 e. The van der Waals surface area contributed by atoms with Gasteiger partial charge in [-0.25, -0.2) is 4.79 Å². The van der Waals surface area contributed by atoms with Gasteiger partial charge in [0.2, 0.25) is 0 Å². The minimum atomic E-state index is -0.283. The summed E-state index contributed by atoms with van der Waals surface area (Å²) in [5.41, 5.74) is 6.64. The van der Waals surface area contributed by atoms with Crippen molar-refractivity contribution < 1.29 is 9.53 Å². The van der Waals surface area contributed by atoms with Crippen LogP contribution in [-0.4, -0.2) is 40.4 Å². The number of nitrogens with two attached hydrogens (primary N) is 1. The summed E-state index contributed by atoms with van der Waals surface area (Å²) >= 11 is 0. The number of hydrogen-bond acceptors (Lipinski definition) is 5. The molecule has 7 heteroatoms. The number of nitriles is 1. The maximum atomic E-state index is 12.2. The molecule has 2 fully saturated rings. The van der Waals surface area contributed by atoms with Crippen molar-refractivity contribution in [3.63, 3.8) is 0 Å². The Morgan fingerprint density at radius 3 is 3.09 bits per heavy atom. The number of carbonyl (C=O) groups excluding carboxylic acids is 1. The van der Waals surface area contributed by atoms with Crippen LogP contribution >= 0.6 is 0 Å². The highest BCUT2D eigenvalue weighted by molar-refractivity contribution is 5.68. The number of rotatable bonds is 2. The van der Waals surface area contributed by atoms with Crippen LogP contribution in [0.25, 0.3) is 0 Å². The number of anilines is 1. The van der Waals surface area contributed by atoms with Gasteiger partial charge in [-0.05, 0) is 32.1 Å². The van der Waals surface area contributed by atoms with Crippen molar-refractivity contribution in [2.75, 3.05) is 18.8 Å². The van der Waals surface area contributed by atoms with Crippen LogP contribution in [0.2, 0.25) is 0 Å². The van der Waals surface area contributed by atoms with Crippen molar-refractivity contribution in [3.05, 3.63) is 11.8 Å². The number of nitrogen functional groups attached to an aromatic ring is 1. The van der Waals surface area contributed by atoms with Gasteiger partial charge >= 0.3 is 6.09 Å². The third-order valence-corrected chi connectivity index (χ3v) is 4.57. The third-order valence-electron chi connectivity index (χ3n) is 4.57. The Morgan fingerprint density at radius 1 is 1.50 bits per heavy atom. The van der Waals surface area contributed by atoms with Crippen molar-refractivity contribution in [1.29, 1.82) is 5.26 Å². The van der Waals surface area contributed by atoms with Crippen molar-refractivity contribution in [2.45, 2.75) is 44.1 Å². The van der Waals surface area contributed by atoms with Crippen LogP contribution in [0.15, 0.2) is 6.07 Å². The lowest BCUT2D eigenvalue weighted by Gasteiger charge is -2.29. The standard InChI is InChI=1S/C15H21N5O2/c16-8-10-2-1-5-20(9-10)15(21)22-12-4-3-11(6-12)13-7-14(17)19-18-13/h7,10-12H,1-6,9H2,(H3,17,18,19)/t10-,11+,12-/m1/s1. The van der Waals surface area contributed by atoms with E-state index >= 15 is 0 Å². The smallest absolute Gasteiger partial charge is 0.410 e. The normalized spacial score (nSPS) is 28.3. The van der Waals surface area contributed by atoms with Crippen LogP contribution in [0.1, 0.15) is 43.7 Å². The van der Waals surface area contributed by atoms with Gasteiger partial charge in [0.25, 0.3) is 0 Å². The molecule has 1 amide bonds. The van der Waals surface area contributed by atoms with Gasteiger partial charge in [-0.15, -0.1) is 0 Å². The SMILES string of the molecule is N#C[C@H]1CCCN(C(=O)O[C@@H]2CC[C@H](c3cc(N)n[nH]3)C2)C1. The van der Waals surface area contributed by atoms with E-state index in [9.17, 15) is 4.79 Å². The first kappa shape index (κ1) is 14.7. The molecule has 0 aromatic carbocycles. The predicted molar refractivity (Wildman–Crippen MR) is 79.8 cm³/mol. The Hall–Kier alpha value is -2.23. The minimum absolute atomic E-state index is 0.0643. The average molecular weight is 303 g/mol. The van der Waals surface area contributed by atoms with Crippen molar-refractivity contribution >= 4 is 11.9 Å². The van der Waals surface area contributed by atoms with Gasteiger partial charge in [0.05, 0.1) is 12.0 Å². The van der Waals surface area contributed by atoms with Gasteiger partial charge in [0.15, 0.2) is 0 Å². The van der Waals surface area contributed by atoms with E-state index in [0.717, 1.165) is 37.8 Å². The van der Waals surface area contributed by atoms with E-state index in [2.05, 4.69) is 16.3 Å². The number of hydrogen-bond donors (Lipinski definition) is 2. The van der Waals surface area contributed by atoms with E-state index in [4.69, 9.17) is 15.7 Å². The molecule has 0 unspecified atom stereocenters. The monoisotopic (exact) mass is 303 g/mol. The maximum Gasteiger partial charge on any atom is 0.410 e. The molecule has 1 aromatic heterocycles. The highest BCUT2D eigenvalue weighted by Crippen LogP contribution is 2.35. The summed E-state index contributed by atoms with van der Waals surface area (Å²) in [5.74, 6) is 0.743. The molecule has 0 spiro atoms. The second kappa shape index (κ2) is 6.26. The lowest BCUT2D eigenvalue weighted by Crippen LogP contribution is -2.41. The number of amides is 1. The molecule has 118 valence electrons. The van der Waals surface area contributed by atoms with Crippen LogP contribution in [0.5, 0.6) is 0 Å². The number of nitrogens with one attached hydrogen (secondary N) is 1. The van der Waals surface area contributed by atoms with Crippen LogP contribution in [0.3, 0.4) is 0 Å². The zero-order valence-electron chi connectivity index (χ0n) is 12.5. The molecule has 3 atom stereocenters. The first-order valence-electron chi connectivity index (χ1n) is 7.81. The van der Waals surface area contributed by atoms with E-state index in [1.54, 1.807) is 4.90 Å². The van der Waals surface area contributed by atoms with Gasteiger partial charge in [-0.2, -0.15) is 10.4 Å². The molecule has 7 nitrogen and oxygen atoms in total. The molecule has 2 aliphatic rings. The summed E-state index contributed by atoms with van der Waals surface area (Å²) in [6.07, 6.45) is 3.99. The second-order valence-electron chi connectivity index (χ2n) is 6.18. The summed E-state index contributed by atoms with van der Waals surface area (Å²) in [6, 6.07) is 4.09. The molecule has 22 heavy (non-hydrogen) atoms. The highest BCUT2D eigenvalue weighted by Gasteiger charge is 2.32. The fourth-order valence-electron chi connectivity index (χ4n) is 3.36. The Morgan fingerprint density at radius 2 is 2.36 bits per heavy atom. The lowest BCUT2D eigenvalue weighted by molar-refractivity contribution is 0.0558. The van der Waals surface area contributed by atoms with E-state index in [-0.39, 0.29) is 18.1 Å². The lowest BCUT2D eigenvalue weighted by atomic mass is 10.0. The van der Waals surface area contributed by atoms with Crippen molar-refractivity contribution in [3.8, 4) is 6.07 Å². The quantitative estimate of drug-likeness (QED) is 0.868. The number of nitrogens with zero attached hydrogens (tertiary/aromatic N) is 3. The number of carbonyl (C=O) groups is 1. The van der Waals surface area contributed by atoms with Gasteiger partial charge in [-0.3, -0.25) is 5.10 Å². The summed E-state index contributed by atoms with van der Waals surface area (Å²) in [7, 11) is 0. The van der Waals surface area contributed by atoms with Crippen LogP contribution in [0, 0.1) is 17.2 Å². The summed E-state index contributed by atoms with van der Waals surface area (Å²) in [4.78, 5) is 13.9. The molecule has 1 saturated heterocycles. The maximum absolute atomic E-state index is 12.2. The Kier molecular flexibility index (Phi) is 4.18. The number of ether oxygens (including phenoxy) is 1. The topological polar surface area (TPSA) is 108 Å². The second-order valence-corrected chi connectivity index (χ2v) is 6.18. The first-order valence-corrected chi connectivity index (χ1v) is 7.81. The number of aromatic nitrogens is 2. The van der Waals surface area contributed by atoms with E-state index in [0.29, 0.717) is 24.8 Å². The summed E-state index contributed by atoms with van der Waals surface area (Å²) in [5, 5.41) is 15.9. The van der Waals surface area contributed by atoms with E-state index in [1.807, 2.05) is 6.07 Å². The first-order chi connectivity index (χ1) is 10.7. The molecule has 3 rings (SSSR count). The van der Waals surface area contributed by atoms with Gasteiger partial charge < -0.3 is 15.4 Å². The summed E-state index contributed by atoms with van der Waals surface area (Å²) < 4.78 is 5.61. The molecule has 0 bridgehead atoms. The molecule has 1 saturated carbocycles. The largest absolute Gasteiger partial charge is 0.446 e. The molecular weight excluding hydrogens is 282 g/mol. The highest BCUT2D eigenvalue weighted by atomic mass is 16.6. The van der Waals surface area contributed by atoms with Gasteiger partial charge in [0.1, 0.15) is 11.9 Å². The molecule has 0 radical (unpaired) electrons. The van der Waals surface area contributed by atoms with E-state index < -0.39 is 0 Å². The van der Waals surface area contributed by atoms with Crippen LogP contribution < -0.4 is 5.73 Å². The zero-order valence-corrected chi connectivity index (χ0v) is 12.5. The molecule has 1 aliphatic heterocycles. The van der Waals surface area contributed by atoms with E-state index in [1.165, 1.54) is 0 Å². The van der Waals surface area contributed by atoms with Crippen molar-refractivity contribution in [2.24, 2.45) is 5.92 Å². The zero-order chi connectivity index (χ0) is 15.5. The number of piperidine rings is 1. The van der Waals surface area contributed by atoms with Crippen LogP contribution in [0.4, 0.5) is 10.6 Å². The predicted octanol–water partition coefficient (Wildman–Crippen LogP) is 2.00. The van der Waals surface area contributed by atoms with Gasteiger partial charge in [-0.1, -0.05) is 0 Å². The summed E-state index contributed by atoms with van der Waals surface area (Å²) in [6.45, 7) is 1.17. The fourth-order valence-corrected chi connectivity index (χ4v) is 3.36. The number of aromatic amines is 1. The molecule has 1 aromatic rings. The van der Waals surface area contributed by atoms with Gasteiger partial charge in [0, 0.05) is 30.8 Å². The number of H-pyrrole nitrogens is 1. The van der Waals surface area contributed by atoms with Crippen LogP contribution in [-0.2, 0) is 4.74 Å².